The number of aromatic amines is 1. The molecular weight excluding hydrogens is 206 g/mol. The van der Waals surface area contributed by atoms with Gasteiger partial charge in [0.15, 0.2) is 17.3 Å². The molecule has 0 bridgehead atoms. The monoisotopic (exact) mass is 215 g/mol. The van der Waals surface area contributed by atoms with Crippen molar-refractivity contribution in [2.24, 2.45) is 0 Å². The number of hydrogen-bond acceptors (Lipinski definition) is 4. The zero-order chi connectivity index (χ0) is 11.1. The van der Waals surface area contributed by atoms with Crippen LogP contribution >= 0.6 is 0 Å². The van der Waals surface area contributed by atoms with E-state index in [1.807, 2.05) is 25.1 Å². The third-order valence-electron chi connectivity index (χ3n) is 2.39. The maximum Gasteiger partial charge on any atom is 0.346 e. The van der Waals surface area contributed by atoms with Crippen molar-refractivity contribution < 1.29 is 4.74 Å². The van der Waals surface area contributed by atoms with Crippen LogP contribution in [0.1, 0.15) is 5.56 Å². The number of nitrogens with zero attached hydrogens (tertiary/aromatic N) is 1. The van der Waals surface area contributed by atoms with Gasteiger partial charge in [-0.2, -0.15) is 4.98 Å². The van der Waals surface area contributed by atoms with E-state index in [1.54, 1.807) is 0 Å². The molecule has 16 heavy (non-hydrogen) atoms. The molecule has 0 amide bonds. The Labute approximate surface area is 91.1 Å². The van der Waals surface area contributed by atoms with Crippen LogP contribution in [0.3, 0.4) is 0 Å². The Hall–Kier alpha value is -2.30. The van der Waals surface area contributed by atoms with Crippen LogP contribution in [0, 0.1) is 6.92 Å². The van der Waals surface area contributed by atoms with E-state index in [0.29, 0.717) is 11.6 Å². The van der Waals surface area contributed by atoms with Crippen LogP contribution in [0.25, 0.3) is 0 Å². The Morgan fingerprint density at radius 2 is 2.19 bits per heavy atom. The third kappa shape index (κ3) is 1.33. The van der Waals surface area contributed by atoms with E-state index in [4.69, 9.17) is 4.74 Å². The average Bonchev–Trinajstić information content (AvgIpc) is 2.26. The molecule has 1 aliphatic rings. The lowest BCUT2D eigenvalue weighted by atomic mass is 10.2. The van der Waals surface area contributed by atoms with Gasteiger partial charge in [0.25, 0.3) is 0 Å². The molecule has 2 heterocycles. The second-order valence-corrected chi connectivity index (χ2v) is 3.65. The molecule has 0 aliphatic carbocycles. The van der Waals surface area contributed by atoms with Crippen molar-refractivity contribution in [3.63, 3.8) is 0 Å². The lowest BCUT2D eigenvalue weighted by Crippen LogP contribution is -2.15. The molecular formula is C11H9N3O2. The summed E-state index contributed by atoms with van der Waals surface area (Å²) in [6.07, 6.45) is 1.41. The van der Waals surface area contributed by atoms with Gasteiger partial charge < -0.3 is 10.1 Å². The Kier molecular flexibility index (Phi) is 1.73. The first-order valence-electron chi connectivity index (χ1n) is 4.87. The summed E-state index contributed by atoms with van der Waals surface area (Å²) >= 11 is 0. The molecule has 0 atom stereocenters. The van der Waals surface area contributed by atoms with Gasteiger partial charge in [-0.3, -0.25) is 4.98 Å². The van der Waals surface area contributed by atoms with Crippen LogP contribution in [-0.2, 0) is 0 Å². The van der Waals surface area contributed by atoms with E-state index in [1.165, 1.54) is 6.20 Å². The van der Waals surface area contributed by atoms with Crippen LogP contribution in [0.2, 0.25) is 0 Å². The van der Waals surface area contributed by atoms with Crippen molar-refractivity contribution in [2.45, 2.75) is 6.92 Å². The molecule has 3 rings (SSSR count). The fourth-order valence-corrected chi connectivity index (χ4v) is 1.64. The molecule has 0 unspecified atom stereocenters. The molecule has 1 aliphatic heterocycles. The topological polar surface area (TPSA) is 67.0 Å². The number of hydrogen-bond donors (Lipinski definition) is 2. The largest absolute Gasteiger partial charge is 0.450 e. The Morgan fingerprint density at radius 3 is 3.06 bits per heavy atom. The van der Waals surface area contributed by atoms with Crippen molar-refractivity contribution in [3.05, 3.63) is 40.4 Å². The van der Waals surface area contributed by atoms with Gasteiger partial charge in [0.1, 0.15) is 0 Å². The first kappa shape index (κ1) is 8.96. The number of ether oxygens (including phenoxy) is 1. The van der Waals surface area contributed by atoms with Crippen LogP contribution in [0.4, 0.5) is 11.5 Å². The van der Waals surface area contributed by atoms with Crippen LogP contribution in [0.5, 0.6) is 11.5 Å². The van der Waals surface area contributed by atoms with Crippen molar-refractivity contribution in [1.82, 2.24) is 9.97 Å². The molecule has 0 radical (unpaired) electrons. The molecule has 1 aromatic carbocycles. The molecule has 2 N–H and O–H groups in total. The number of nitrogens with one attached hydrogen (secondary N) is 2. The normalized spacial score (nSPS) is 12.1. The summed E-state index contributed by atoms with van der Waals surface area (Å²) in [6.45, 7) is 1.99. The summed E-state index contributed by atoms with van der Waals surface area (Å²) in [5.74, 6) is 1.79. The van der Waals surface area contributed by atoms with E-state index >= 15 is 0 Å². The first-order chi connectivity index (χ1) is 7.72. The standard InChI is InChI=1S/C11H9N3O2/c1-6-2-3-8-7(4-6)13-10-9(16-8)5-12-11(15)14-10/h2-5H,1H3,(H2,12,13,14,15). The minimum absolute atomic E-state index is 0.397. The van der Waals surface area contributed by atoms with E-state index < -0.39 is 5.69 Å². The lowest BCUT2D eigenvalue weighted by molar-refractivity contribution is 0.475. The smallest absolute Gasteiger partial charge is 0.346 e. The second kappa shape index (κ2) is 3.10. The fourth-order valence-electron chi connectivity index (χ4n) is 1.64. The molecule has 80 valence electrons. The summed E-state index contributed by atoms with van der Waals surface area (Å²) in [7, 11) is 0. The van der Waals surface area contributed by atoms with Crippen molar-refractivity contribution >= 4 is 11.5 Å². The highest BCUT2D eigenvalue weighted by Gasteiger charge is 2.17. The predicted molar refractivity (Wildman–Crippen MR) is 59.4 cm³/mol. The van der Waals surface area contributed by atoms with Gasteiger partial charge >= 0.3 is 5.69 Å². The molecule has 1 aromatic heterocycles. The van der Waals surface area contributed by atoms with Gasteiger partial charge in [0.2, 0.25) is 0 Å². The highest BCUT2D eigenvalue weighted by molar-refractivity contribution is 5.72. The van der Waals surface area contributed by atoms with Crippen molar-refractivity contribution in [3.8, 4) is 11.5 Å². The maximum absolute atomic E-state index is 11.1. The first-order valence-corrected chi connectivity index (χ1v) is 4.87. The van der Waals surface area contributed by atoms with Crippen molar-refractivity contribution in [2.75, 3.05) is 5.32 Å². The van der Waals surface area contributed by atoms with Crippen LogP contribution in [0.15, 0.2) is 29.2 Å². The van der Waals surface area contributed by atoms with Gasteiger partial charge in [0.05, 0.1) is 11.9 Å². The number of fused-ring (bicyclic) bond motifs is 2. The van der Waals surface area contributed by atoms with Gasteiger partial charge in [-0.1, -0.05) is 6.07 Å². The average molecular weight is 215 g/mol. The lowest BCUT2D eigenvalue weighted by Gasteiger charge is -2.20. The third-order valence-corrected chi connectivity index (χ3v) is 2.39. The Bertz CT molecular complexity index is 619. The molecule has 5 heteroatoms. The van der Waals surface area contributed by atoms with Crippen LogP contribution < -0.4 is 15.7 Å². The molecule has 2 aromatic rings. The quantitative estimate of drug-likeness (QED) is 0.601. The van der Waals surface area contributed by atoms with E-state index in [-0.39, 0.29) is 0 Å². The Balaban J connectivity index is 2.13. The fraction of sp³-hybridized carbons (Fsp3) is 0.0909. The number of aryl methyl sites for hydroxylation is 1. The molecule has 0 saturated heterocycles. The van der Waals surface area contributed by atoms with Gasteiger partial charge in [-0.25, -0.2) is 4.79 Å². The highest BCUT2D eigenvalue weighted by Crippen LogP contribution is 2.39. The number of benzene rings is 1. The van der Waals surface area contributed by atoms with Gasteiger partial charge in [-0.15, -0.1) is 0 Å². The maximum atomic E-state index is 11.1. The van der Waals surface area contributed by atoms with E-state index in [0.717, 1.165) is 17.0 Å². The summed E-state index contributed by atoms with van der Waals surface area (Å²) in [6, 6.07) is 5.80. The zero-order valence-electron chi connectivity index (χ0n) is 8.57. The predicted octanol–water partition coefficient (Wildman–Crippen LogP) is 1.93. The zero-order valence-corrected chi connectivity index (χ0v) is 8.57. The molecule has 0 fully saturated rings. The van der Waals surface area contributed by atoms with Gasteiger partial charge in [0, 0.05) is 0 Å². The number of rotatable bonds is 0. The second-order valence-electron chi connectivity index (χ2n) is 3.65. The van der Waals surface area contributed by atoms with Gasteiger partial charge in [-0.05, 0) is 24.6 Å². The summed E-state index contributed by atoms with van der Waals surface area (Å²) in [5.41, 5.74) is 1.56. The molecule has 5 nitrogen and oxygen atoms in total. The SMILES string of the molecule is Cc1ccc2c(c1)Nc1[nH]c(=O)ncc1O2. The number of anilines is 2. The summed E-state index contributed by atoms with van der Waals surface area (Å²) in [5, 5.41) is 3.10. The summed E-state index contributed by atoms with van der Waals surface area (Å²) < 4.78 is 5.59. The number of aromatic nitrogens is 2. The Morgan fingerprint density at radius 1 is 1.31 bits per heavy atom. The molecule has 0 spiro atoms. The van der Waals surface area contributed by atoms with E-state index in [2.05, 4.69) is 15.3 Å². The minimum Gasteiger partial charge on any atom is -0.450 e. The summed E-state index contributed by atoms with van der Waals surface area (Å²) in [4.78, 5) is 17.3. The minimum atomic E-state index is -0.397. The number of H-pyrrole nitrogens is 1. The van der Waals surface area contributed by atoms with Crippen molar-refractivity contribution in [1.29, 1.82) is 0 Å². The van der Waals surface area contributed by atoms with Crippen LogP contribution in [-0.4, -0.2) is 9.97 Å². The van der Waals surface area contributed by atoms with E-state index in [9.17, 15) is 4.79 Å². The highest BCUT2D eigenvalue weighted by atomic mass is 16.5. The molecule has 0 saturated carbocycles.